The van der Waals surface area contributed by atoms with E-state index in [0.29, 0.717) is 12.1 Å². The highest BCUT2D eigenvalue weighted by Crippen LogP contribution is 2.09. The summed E-state index contributed by atoms with van der Waals surface area (Å²) in [4.78, 5) is 11.7. The van der Waals surface area contributed by atoms with Crippen molar-refractivity contribution in [2.75, 3.05) is 6.54 Å². The minimum absolute atomic E-state index is 0.00323. The second-order valence-corrected chi connectivity index (χ2v) is 4.45. The van der Waals surface area contributed by atoms with Crippen LogP contribution in [0.5, 0.6) is 0 Å². The summed E-state index contributed by atoms with van der Waals surface area (Å²) in [5, 5.41) is 5.95. The summed E-state index contributed by atoms with van der Waals surface area (Å²) in [7, 11) is 0. The van der Waals surface area contributed by atoms with Gasteiger partial charge in [-0.1, -0.05) is 12.1 Å². The lowest BCUT2D eigenvalue weighted by molar-refractivity contribution is -0.122. The number of amides is 1. The number of carbonyl (C=O) groups excluding carboxylic acids is 1. The van der Waals surface area contributed by atoms with E-state index in [1.165, 1.54) is 6.07 Å². The molecule has 1 atom stereocenters. The van der Waals surface area contributed by atoms with Crippen LogP contribution in [0, 0.1) is 12.7 Å². The summed E-state index contributed by atoms with van der Waals surface area (Å²) < 4.78 is 13.3. The Kier molecular flexibility index (Phi) is 3.74. The van der Waals surface area contributed by atoms with Gasteiger partial charge in [-0.05, 0) is 43.5 Å². The van der Waals surface area contributed by atoms with Crippen LogP contribution in [-0.2, 0) is 11.3 Å². The van der Waals surface area contributed by atoms with Crippen LogP contribution in [0.2, 0.25) is 0 Å². The fourth-order valence-corrected chi connectivity index (χ4v) is 1.97. The molecular weight excluding hydrogens is 219 g/mol. The molecule has 1 saturated heterocycles. The number of hydrogen-bond acceptors (Lipinski definition) is 2. The largest absolute Gasteiger partial charge is 0.351 e. The van der Waals surface area contributed by atoms with Gasteiger partial charge in [-0.25, -0.2) is 4.39 Å². The first-order chi connectivity index (χ1) is 8.16. The van der Waals surface area contributed by atoms with Gasteiger partial charge < -0.3 is 10.6 Å². The molecule has 0 radical (unpaired) electrons. The third-order valence-corrected chi connectivity index (χ3v) is 3.08. The summed E-state index contributed by atoms with van der Waals surface area (Å²) in [5.74, 6) is -0.223. The van der Waals surface area contributed by atoms with Crippen molar-refractivity contribution in [2.45, 2.75) is 32.4 Å². The molecule has 0 aliphatic carbocycles. The van der Waals surface area contributed by atoms with Crippen molar-refractivity contribution in [1.29, 1.82) is 0 Å². The highest BCUT2D eigenvalue weighted by atomic mass is 19.1. The summed E-state index contributed by atoms with van der Waals surface area (Å²) >= 11 is 0. The number of halogens is 1. The van der Waals surface area contributed by atoms with Crippen LogP contribution < -0.4 is 10.6 Å². The predicted octanol–water partition coefficient (Wildman–Crippen LogP) is 1.50. The highest BCUT2D eigenvalue weighted by Gasteiger charge is 2.21. The lowest BCUT2D eigenvalue weighted by Crippen LogP contribution is -2.40. The molecule has 3 nitrogen and oxygen atoms in total. The molecule has 0 saturated carbocycles. The predicted molar refractivity (Wildman–Crippen MR) is 64.0 cm³/mol. The molecule has 17 heavy (non-hydrogen) atoms. The van der Waals surface area contributed by atoms with Gasteiger partial charge in [0.05, 0.1) is 6.04 Å². The fraction of sp³-hybridized carbons (Fsp3) is 0.462. The van der Waals surface area contributed by atoms with Crippen molar-refractivity contribution in [1.82, 2.24) is 10.6 Å². The number of carbonyl (C=O) groups is 1. The highest BCUT2D eigenvalue weighted by molar-refractivity contribution is 5.81. The molecule has 0 bridgehead atoms. The summed E-state index contributed by atoms with van der Waals surface area (Å²) in [5.41, 5.74) is 1.41. The van der Waals surface area contributed by atoms with E-state index in [9.17, 15) is 9.18 Å². The second kappa shape index (κ2) is 5.27. The van der Waals surface area contributed by atoms with Crippen LogP contribution in [0.4, 0.5) is 4.39 Å². The Balaban J connectivity index is 1.88. The van der Waals surface area contributed by atoms with Gasteiger partial charge in [0.2, 0.25) is 5.91 Å². The van der Waals surface area contributed by atoms with E-state index in [2.05, 4.69) is 10.6 Å². The van der Waals surface area contributed by atoms with Gasteiger partial charge in [0.1, 0.15) is 5.82 Å². The summed E-state index contributed by atoms with van der Waals surface area (Å²) in [6.45, 7) is 3.01. The Labute approximate surface area is 100 Å². The standard InChI is InChI=1S/C13H17FN2O/c1-9-4-5-10(7-11(9)14)8-16-13(17)12-3-2-6-15-12/h4-5,7,12,15H,2-3,6,8H2,1H3,(H,16,17). The molecule has 2 N–H and O–H groups in total. The van der Waals surface area contributed by atoms with E-state index in [1.54, 1.807) is 13.0 Å². The Hall–Kier alpha value is -1.42. The lowest BCUT2D eigenvalue weighted by Gasteiger charge is -2.11. The minimum atomic E-state index is -0.226. The summed E-state index contributed by atoms with van der Waals surface area (Å²) in [6, 6.07) is 4.95. The molecule has 1 amide bonds. The number of benzene rings is 1. The maximum absolute atomic E-state index is 13.3. The van der Waals surface area contributed by atoms with Crippen LogP contribution >= 0.6 is 0 Å². The van der Waals surface area contributed by atoms with E-state index < -0.39 is 0 Å². The quantitative estimate of drug-likeness (QED) is 0.835. The van der Waals surface area contributed by atoms with Crippen LogP contribution in [0.3, 0.4) is 0 Å². The van der Waals surface area contributed by atoms with E-state index in [4.69, 9.17) is 0 Å². The number of nitrogens with one attached hydrogen (secondary N) is 2. The topological polar surface area (TPSA) is 41.1 Å². The molecule has 1 aromatic rings. The van der Waals surface area contributed by atoms with Crippen molar-refractivity contribution in [2.24, 2.45) is 0 Å². The van der Waals surface area contributed by atoms with Crippen LogP contribution in [0.15, 0.2) is 18.2 Å². The first-order valence-electron chi connectivity index (χ1n) is 5.93. The van der Waals surface area contributed by atoms with Gasteiger partial charge in [0, 0.05) is 6.54 Å². The van der Waals surface area contributed by atoms with E-state index in [1.807, 2.05) is 6.07 Å². The van der Waals surface area contributed by atoms with Crippen molar-refractivity contribution in [3.05, 3.63) is 35.1 Å². The van der Waals surface area contributed by atoms with E-state index >= 15 is 0 Å². The molecule has 1 fully saturated rings. The van der Waals surface area contributed by atoms with Gasteiger partial charge in [-0.3, -0.25) is 4.79 Å². The van der Waals surface area contributed by atoms with Gasteiger partial charge in [-0.2, -0.15) is 0 Å². The molecule has 92 valence electrons. The maximum atomic E-state index is 13.3. The molecule has 4 heteroatoms. The minimum Gasteiger partial charge on any atom is -0.351 e. The van der Waals surface area contributed by atoms with Crippen molar-refractivity contribution >= 4 is 5.91 Å². The average molecular weight is 236 g/mol. The molecule has 0 spiro atoms. The average Bonchev–Trinajstić information content (AvgIpc) is 2.84. The van der Waals surface area contributed by atoms with E-state index in [-0.39, 0.29) is 17.8 Å². The first-order valence-corrected chi connectivity index (χ1v) is 5.93. The molecule has 1 aliphatic rings. The molecular formula is C13H17FN2O. The molecule has 1 aliphatic heterocycles. The van der Waals surface area contributed by atoms with E-state index in [0.717, 1.165) is 24.9 Å². The maximum Gasteiger partial charge on any atom is 0.237 e. The molecule has 1 aromatic carbocycles. The molecule has 1 heterocycles. The molecule has 0 aromatic heterocycles. The Morgan fingerprint density at radius 2 is 2.41 bits per heavy atom. The fourth-order valence-electron chi connectivity index (χ4n) is 1.97. The van der Waals surface area contributed by atoms with Crippen LogP contribution in [0.1, 0.15) is 24.0 Å². The van der Waals surface area contributed by atoms with Gasteiger partial charge in [0.15, 0.2) is 0 Å². The zero-order valence-corrected chi connectivity index (χ0v) is 9.92. The first kappa shape index (κ1) is 12.0. The van der Waals surface area contributed by atoms with Gasteiger partial charge in [-0.15, -0.1) is 0 Å². The Morgan fingerprint density at radius 3 is 3.06 bits per heavy atom. The smallest absolute Gasteiger partial charge is 0.237 e. The van der Waals surface area contributed by atoms with Crippen molar-refractivity contribution in [3.63, 3.8) is 0 Å². The zero-order chi connectivity index (χ0) is 12.3. The number of hydrogen-bond donors (Lipinski definition) is 2. The van der Waals surface area contributed by atoms with Crippen LogP contribution in [-0.4, -0.2) is 18.5 Å². The lowest BCUT2D eigenvalue weighted by atomic mass is 10.1. The van der Waals surface area contributed by atoms with Crippen LogP contribution in [0.25, 0.3) is 0 Å². The zero-order valence-electron chi connectivity index (χ0n) is 9.92. The summed E-state index contributed by atoms with van der Waals surface area (Å²) in [6.07, 6.45) is 1.92. The van der Waals surface area contributed by atoms with Crippen molar-refractivity contribution < 1.29 is 9.18 Å². The van der Waals surface area contributed by atoms with Crippen molar-refractivity contribution in [3.8, 4) is 0 Å². The Morgan fingerprint density at radius 1 is 1.59 bits per heavy atom. The SMILES string of the molecule is Cc1ccc(CNC(=O)C2CCCN2)cc1F. The molecule has 2 rings (SSSR count). The van der Waals surface area contributed by atoms with Gasteiger partial charge in [0.25, 0.3) is 0 Å². The Bertz CT molecular complexity index is 414. The third kappa shape index (κ3) is 3.03. The third-order valence-electron chi connectivity index (χ3n) is 3.08. The monoisotopic (exact) mass is 236 g/mol. The number of rotatable bonds is 3. The normalized spacial score (nSPS) is 19.3. The molecule has 1 unspecified atom stereocenters. The second-order valence-electron chi connectivity index (χ2n) is 4.45. The number of aryl methyl sites for hydroxylation is 1. The van der Waals surface area contributed by atoms with Gasteiger partial charge >= 0.3 is 0 Å².